The van der Waals surface area contributed by atoms with Gasteiger partial charge in [-0.1, -0.05) is 6.58 Å². The Labute approximate surface area is 92.1 Å². The number of hydrogen-bond donors (Lipinski definition) is 1. The van der Waals surface area contributed by atoms with E-state index in [-0.39, 0.29) is 10.6 Å². The summed E-state index contributed by atoms with van der Waals surface area (Å²) < 4.78 is 1.00. The van der Waals surface area contributed by atoms with Crippen LogP contribution >= 0.6 is 0 Å². The lowest BCUT2D eigenvalue weighted by Gasteiger charge is -2.28. The van der Waals surface area contributed by atoms with E-state index in [0.717, 1.165) is 30.5 Å². The maximum atomic E-state index is 11.1. The number of rotatable bonds is 6. The zero-order chi connectivity index (χ0) is 11.2. The van der Waals surface area contributed by atoms with E-state index >= 15 is 0 Å². The molecule has 0 unspecified atom stereocenters. The van der Waals surface area contributed by atoms with Gasteiger partial charge in [0, 0.05) is 18.5 Å². The number of carbonyl (C=O) groups excluding carboxylic acids is 1. The van der Waals surface area contributed by atoms with Crippen LogP contribution < -0.4 is 10.0 Å². The van der Waals surface area contributed by atoms with E-state index in [4.69, 9.17) is 0 Å². The minimum Gasteiger partial charge on any atom is -1.00 e. The average molecular weight is 218 g/mol. The van der Waals surface area contributed by atoms with Crippen molar-refractivity contribution >= 4 is 5.91 Å². The van der Waals surface area contributed by atoms with Crippen LogP contribution in [0.1, 0.15) is 20.3 Å². The minimum absolute atomic E-state index is 0. The van der Waals surface area contributed by atoms with E-state index in [0.29, 0.717) is 5.57 Å². The molecule has 4 heteroatoms. The summed E-state index contributed by atoms with van der Waals surface area (Å²) in [6.07, 6.45) is 1.01. The van der Waals surface area contributed by atoms with Crippen LogP contribution in [0.25, 0.3) is 0 Å². The summed E-state index contributed by atoms with van der Waals surface area (Å²) in [5, 5.41) is 2.83. The molecular formula is C11H23FN2O. The predicted molar refractivity (Wildman–Crippen MR) is 60.0 cm³/mol. The molecule has 0 aliphatic carbocycles. The lowest BCUT2D eigenvalue weighted by atomic mass is 10.3. The number of quaternary nitrogens is 1. The molecule has 0 aromatic rings. The summed E-state index contributed by atoms with van der Waals surface area (Å²) in [7, 11) is 4.39. The Bertz CT molecular complexity index is 215. The van der Waals surface area contributed by atoms with Crippen LogP contribution in [-0.4, -0.2) is 44.1 Å². The molecule has 1 N–H and O–H groups in total. The Hall–Kier alpha value is -0.900. The summed E-state index contributed by atoms with van der Waals surface area (Å²) in [6, 6.07) is 0. The lowest BCUT2D eigenvalue weighted by molar-refractivity contribution is -0.888. The van der Waals surface area contributed by atoms with Crippen LogP contribution in [0, 0.1) is 0 Å². The van der Waals surface area contributed by atoms with Crippen molar-refractivity contribution in [3.8, 4) is 0 Å². The van der Waals surface area contributed by atoms with E-state index in [1.165, 1.54) is 0 Å². The van der Waals surface area contributed by atoms with E-state index in [9.17, 15) is 4.79 Å². The van der Waals surface area contributed by atoms with Gasteiger partial charge >= 0.3 is 0 Å². The molecule has 15 heavy (non-hydrogen) atoms. The topological polar surface area (TPSA) is 29.1 Å². The molecule has 0 heterocycles. The SMILES string of the molecule is C=C(C)C(=O)NCCC[N+](C)(C)CC.[F-]. The zero-order valence-electron chi connectivity index (χ0n) is 10.3. The van der Waals surface area contributed by atoms with Gasteiger partial charge in [0.2, 0.25) is 5.91 Å². The smallest absolute Gasteiger partial charge is 0.246 e. The van der Waals surface area contributed by atoms with Crippen molar-refractivity contribution in [3.05, 3.63) is 12.2 Å². The summed E-state index contributed by atoms with van der Waals surface area (Å²) in [5.41, 5.74) is 0.578. The summed E-state index contributed by atoms with van der Waals surface area (Å²) >= 11 is 0. The highest BCUT2D eigenvalue weighted by atomic mass is 19.0. The van der Waals surface area contributed by atoms with Gasteiger partial charge in [-0.25, -0.2) is 0 Å². The molecular weight excluding hydrogens is 195 g/mol. The highest BCUT2D eigenvalue weighted by Gasteiger charge is 2.10. The molecule has 0 atom stereocenters. The molecule has 1 amide bonds. The number of hydrogen-bond acceptors (Lipinski definition) is 1. The molecule has 0 aromatic heterocycles. The summed E-state index contributed by atoms with van der Waals surface area (Å²) in [5.74, 6) is -0.0354. The highest BCUT2D eigenvalue weighted by Crippen LogP contribution is 1.97. The van der Waals surface area contributed by atoms with E-state index < -0.39 is 0 Å². The van der Waals surface area contributed by atoms with Crippen LogP contribution in [0.5, 0.6) is 0 Å². The first-order valence-corrected chi connectivity index (χ1v) is 5.15. The van der Waals surface area contributed by atoms with Crippen molar-refractivity contribution in [3.63, 3.8) is 0 Å². The van der Waals surface area contributed by atoms with Crippen molar-refractivity contribution in [1.29, 1.82) is 0 Å². The Morgan fingerprint density at radius 2 is 1.93 bits per heavy atom. The second kappa shape index (κ2) is 7.40. The number of amides is 1. The van der Waals surface area contributed by atoms with Crippen molar-refractivity contribution in [2.75, 3.05) is 33.7 Å². The normalized spacial score (nSPS) is 10.4. The third-order valence-corrected chi connectivity index (χ3v) is 2.47. The van der Waals surface area contributed by atoms with Crippen LogP contribution in [0.15, 0.2) is 12.2 Å². The second-order valence-electron chi connectivity index (χ2n) is 4.37. The van der Waals surface area contributed by atoms with Crippen molar-refractivity contribution in [1.82, 2.24) is 5.32 Å². The van der Waals surface area contributed by atoms with Gasteiger partial charge < -0.3 is 14.5 Å². The molecule has 0 fully saturated rings. The fraction of sp³-hybridized carbons (Fsp3) is 0.727. The Morgan fingerprint density at radius 3 is 2.33 bits per heavy atom. The second-order valence-corrected chi connectivity index (χ2v) is 4.37. The summed E-state index contributed by atoms with van der Waals surface area (Å²) in [6.45, 7) is 10.4. The third-order valence-electron chi connectivity index (χ3n) is 2.47. The molecule has 3 nitrogen and oxygen atoms in total. The van der Waals surface area contributed by atoms with Gasteiger partial charge in [0.25, 0.3) is 0 Å². The van der Waals surface area contributed by atoms with Crippen LogP contribution in [0.3, 0.4) is 0 Å². The van der Waals surface area contributed by atoms with E-state index in [1.54, 1.807) is 6.92 Å². The lowest BCUT2D eigenvalue weighted by Crippen LogP contribution is -3.00. The Kier molecular flexibility index (Phi) is 8.15. The maximum Gasteiger partial charge on any atom is 0.246 e. The van der Waals surface area contributed by atoms with Crippen molar-refractivity contribution in [2.24, 2.45) is 0 Å². The third kappa shape index (κ3) is 8.12. The first-order valence-electron chi connectivity index (χ1n) is 5.15. The molecule has 0 spiro atoms. The molecule has 0 bridgehead atoms. The fourth-order valence-corrected chi connectivity index (χ4v) is 1.02. The molecule has 0 rings (SSSR count). The number of nitrogens with one attached hydrogen (secondary N) is 1. The molecule has 0 aromatic carbocycles. The standard InChI is InChI=1S/C11H22N2O.FH/c1-6-13(4,5)9-7-8-12-11(14)10(2)3;/h2,6-9H2,1,3-5H3;1H. The van der Waals surface area contributed by atoms with E-state index in [2.05, 4.69) is 32.9 Å². The largest absolute Gasteiger partial charge is 1.00 e. The molecule has 0 saturated carbocycles. The van der Waals surface area contributed by atoms with Gasteiger partial charge in [-0.3, -0.25) is 4.79 Å². The quantitative estimate of drug-likeness (QED) is 0.317. The number of nitrogens with zero attached hydrogens (tertiary/aromatic N) is 1. The van der Waals surface area contributed by atoms with E-state index in [1.807, 2.05) is 0 Å². The molecule has 0 aliphatic heterocycles. The van der Waals surface area contributed by atoms with Crippen molar-refractivity contribution in [2.45, 2.75) is 20.3 Å². The van der Waals surface area contributed by atoms with Gasteiger partial charge in [-0.05, 0) is 13.8 Å². The van der Waals surface area contributed by atoms with Gasteiger partial charge in [0.15, 0.2) is 0 Å². The summed E-state index contributed by atoms with van der Waals surface area (Å²) in [4.78, 5) is 11.1. The molecule has 90 valence electrons. The Balaban J connectivity index is 0. The monoisotopic (exact) mass is 218 g/mol. The fourth-order valence-electron chi connectivity index (χ4n) is 1.02. The first kappa shape index (κ1) is 16.5. The molecule has 0 saturated heterocycles. The first-order chi connectivity index (χ1) is 6.39. The average Bonchev–Trinajstić information content (AvgIpc) is 2.12. The van der Waals surface area contributed by atoms with Crippen LogP contribution in [0.4, 0.5) is 0 Å². The predicted octanol–water partition coefficient (Wildman–Crippen LogP) is -1.83. The number of carbonyl (C=O) groups is 1. The van der Waals surface area contributed by atoms with Gasteiger partial charge in [-0.15, -0.1) is 0 Å². The molecule has 0 radical (unpaired) electrons. The Morgan fingerprint density at radius 1 is 1.40 bits per heavy atom. The maximum absolute atomic E-state index is 11.1. The highest BCUT2D eigenvalue weighted by molar-refractivity contribution is 5.91. The zero-order valence-corrected chi connectivity index (χ0v) is 10.3. The van der Waals surface area contributed by atoms with Gasteiger partial charge in [0.05, 0.1) is 27.2 Å². The van der Waals surface area contributed by atoms with Gasteiger partial charge in [0.1, 0.15) is 0 Å². The van der Waals surface area contributed by atoms with Crippen LogP contribution in [-0.2, 0) is 4.79 Å². The van der Waals surface area contributed by atoms with Crippen LogP contribution in [0.2, 0.25) is 0 Å². The van der Waals surface area contributed by atoms with Gasteiger partial charge in [-0.2, -0.15) is 0 Å². The number of halogens is 1. The van der Waals surface area contributed by atoms with Crippen molar-refractivity contribution < 1.29 is 14.0 Å². The minimum atomic E-state index is -0.0354. The molecule has 0 aliphatic rings.